The van der Waals surface area contributed by atoms with Crippen molar-refractivity contribution in [2.75, 3.05) is 13.7 Å². The minimum Gasteiger partial charge on any atom is -0.497 e. The van der Waals surface area contributed by atoms with Crippen molar-refractivity contribution in [3.63, 3.8) is 0 Å². The van der Waals surface area contributed by atoms with Gasteiger partial charge in [-0.05, 0) is 88.8 Å². The van der Waals surface area contributed by atoms with Crippen LogP contribution in [0.5, 0.6) is 5.75 Å². The summed E-state index contributed by atoms with van der Waals surface area (Å²) in [5, 5.41) is 13.8. The summed E-state index contributed by atoms with van der Waals surface area (Å²) in [5.74, 6) is 1.41. The first-order chi connectivity index (χ1) is 18.5. The van der Waals surface area contributed by atoms with Gasteiger partial charge in [-0.1, -0.05) is 49.4 Å². The molecule has 8 heteroatoms. The Morgan fingerprint density at radius 2 is 1.71 bits per heavy atom. The van der Waals surface area contributed by atoms with Gasteiger partial charge in [-0.25, -0.2) is 4.68 Å². The van der Waals surface area contributed by atoms with Crippen molar-refractivity contribution < 1.29 is 4.74 Å². The highest BCUT2D eigenvalue weighted by Gasteiger charge is 2.30. The van der Waals surface area contributed by atoms with Gasteiger partial charge in [0, 0.05) is 17.6 Å². The third-order valence-corrected chi connectivity index (χ3v) is 7.08. The van der Waals surface area contributed by atoms with Gasteiger partial charge in [0.05, 0.1) is 13.7 Å². The van der Waals surface area contributed by atoms with Gasteiger partial charge >= 0.3 is 0 Å². The third-order valence-electron chi connectivity index (χ3n) is 7.08. The molecule has 5 rings (SSSR count). The molecule has 0 amide bonds. The smallest absolute Gasteiger partial charge is 0.253 e. The second kappa shape index (κ2) is 11.0. The van der Waals surface area contributed by atoms with E-state index >= 15 is 0 Å². The SMILES string of the molecule is CCN(Cc1ccccc1)C(c1cc2cc(C)c(C)cc2[nH]c1=O)c1nnnn1Cc1ccc(OC)cc1. The number of H-pyrrole nitrogens is 1. The number of hydrogen-bond acceptors (Lipinski definition) is 6. The lowest BCUT2D eigenvalue weighted by Crippen LogP contribution is -2.35. The van der Waals surface area contributed by atoms with E-state index in [4.69, 9.17) is 4.74 Å². The Morgan fingerprint density at radius 1 is 0.974 bits per heavy atom. The molecule has 2 heterocycles. The largest absolute Gasteiger partial charge is 0.497 e. The second-order valence-electron chi connectivity index (χ2n) is 9.57. The van der Waals surface area contributed by atoms with E-state index in [2.05, 4.69) is 64.4 Å². The summed E-state index contributed by atoms with van der Waals surface area (Å²) < 4.78 is 7.08. The Balaban J connectivity index is 1.63. The molecule has 2 aromatic heterocycles. The maximum atomic E-state index is 13.6. The molecule has 0 aliphatic carbocycles. The molecule has 0 aliphatic rings. The molecule has 1 atom stereocenters. The van der Waals surface area contributed by atoms with Crippen molar-refractivity contribution in [1.82, 2.24) is 30.1 Å². The van der Waals surface area contributed by atoms with Gasteiger partial charge in [0.1, 0.15) is 11.8 Å². The van der Waals surface area contributed by atoms with Crippen molar-refractivity contribution in [2.24, 2.45) is 0 Å². The number of methoxy groups -OCH3 is 1. The first kappa shape index (κ1) is 25.4. The fourth-order valence-electron chi connectivity index (χ4n) is 4.82. The summed E-state index contributed by atoms with van der Waals surface area (Å²) in [5.41, 5.74) is 5.79. The van der Waals surface area contributed by atoms with Crippen molar-refractivity contribution in [3.8, 4) is 5.75 Å². The lowest BCUT2D eigenvalue weighted by Gasteiger charge is -2.30. The molecule has 0 bridgehead atoms. The molecule has 0 saturated heterocycles. The van der Waals surface area contributed by atoms with Crippen LogP contribution in [0.3, 0.4) is 0 Å². The van der Waals surface area contributed by atoms with Crippen LogP contribution < -0.4 is 10.3 Å². The van der Waals surface area contributed by atoms with Crippen LogP contribution in [0.15, 0.2) is 77.6 Å². The summed E-state index contributed by atoms with van der Waals surface area (Å²) in [6.45, 7) is 8.03. The van der Waals surface area contributed by atoms with E-state index < -0.39 is 6.04 Å². The third kappa shape index (κ3) is 5.21. The summed E-state index contributed by atoms with van der Waals surface area (Å²) in [6, 6.07) is 23.8. The summed E-state index contributed by atoms with van der Waals surface area (Å²) in [6.07, 6.45) is 0. The van der Waals surface area contributed by atoms with Crippen molar-refractivity contribution in [2.45, 2.75) is 39.9 Å². The molecule has 1 N–H and O–H groups in total. The number of nitrogens with one attached hydrogen (secondary N) is 1. The molecule has 8 nitrogen and oxygen atoms in total. The normalized spacial score (nSPS) is 12.2. The topological polar surface area (TPSA) is 88.9 Å². The molecule has 0 saturated carbocycles. The minimum absolute atomic E-state index is 0.142. The van der Waals surface area contributed by atoms with Crippen LogP contribution in [0, 0.1) is 13.8 Å². The number of nitrogens with zero attached hydrogens (tertiary/aromatic N) is 5. The van der Waals surface area contributed by atoms with Crippen LogP contribution >= 0.6 is 0 Å². The number of benzene rings is 3. The predicted octanol–water partition coefficient (Wildman–Crippen LogP) is 4.80. The highest BCUT2D eigenvalue weighted by molar-refractivity contribution is 5.81. The second-order valence-corrected chi connectivity index (χ2v) is 9.57. The lowest BCUT2D eigenvalue weighted by molar-refractivity contribution is 0.214. The fourth-order valence-corrected chi connectivity index (χ4v) is 4.82. The number of fused-ring (bicyclic) bond motifs is 1. The van der Waals surface area contributed by atoms with E-state index in [9.17, 15) is 4.79 Å². The van der Waals surface area contributed by atoms with Crippen LogP contribution in [0.25, 0.3) is 10.9 Å². The lowest BCUT2D eigenvalue weighted by atomic mass is 10.00. The van der Waals surface area contributed by atoms with Gasteiger partial charge in [-0.2, -0.15) is 0 Å². The molecule has 0 aliphatic heterocycles. The van der Waals surface area contributed by atoms with E-state index in [1.165, 1.54) is 5.56 Å². The number of ether oxygens (including phenoxy) is 1. The molecular formula is C30H32N6O2. The standard InChI is InChI=1S/C30H32N6O2/c1-5-35(18-22-9-7-6-8-10-22)28(26-17-24-15-20(2)21(3)16-27(24)31-30(26)37)29-32-33-34-36(29)19-23-11-13-25(38-4)14-12-23/h6-17,28H,5,18-19H2,1-4H3,(H,31,37). The van der Waals surface area contributed by atoms with Gasteiger partial charge in [0.15, 0.2) is 5.82 Å². The Bertz CT molecular complexity index is 1590. The van der Waals surface area contributed by atoms with Crippen molar-refractivity contribution in [3.05, 3.63) is 117 Å². The van der Waals surface area contributed by atoms with E-state index in [1.807, 2.05) is 54.6 Å². The quantitative estimate of drug-likeness (QED) is 0.308. The number of aryl methyl sites for hydroxylation is 2. The zero-order valence-corrected chi connectivity index (χ0v) is 22.2. The maximum Gasteiger partial charge on any atom is 0.253 e. The number of hydrogen-bond donors (Lipinski definition) is 1. The van der Waals surface area contributed by atoms with Gasteiger partial charge in [0.2, 0.25) is 0 Å². The monoisotopic (exact) mass is 508 g/mol. The van der Waals surface area contributed by atoms with Crippen LogP contribution in [0.1, 0.15) is 46.6 Å². The summed E-state index contributed by atoms with van der Waals surface area (Å²) in [7, 11) is 1.65. The highest BCUT2D eigenvalue weighted by atomic mass is 16.5. The molecule has 38 heavy (non-hydrogen) atoms. The zero-order chi connectivity index (χ0) is 26.6. The van der Waals surface area contributed by atoms with Gasteiger partial charge in [-0.15, -0.1) is 5.10 Å². The number of pyridine rings is 1. The van der Waals surface area contributed by atoms with Crippen molar-refractivity contribution >= 4 is 10.9 Å². The maximum absolute atomic E-state index is 13.6. The molecule has 0 radical (unpaired) electrons. The Hall–Kier alpha value is -4.30. The molecule has 0 spiro atoms. The van der Waals surface area contributed by atoms with Gasteiger partial charge in [0.25, 0.3) is 5.56 Å². The van der Waals surface area contributed by atoms with Crippen LogP contribution in [0.4, 0.5) is 0 Å². The highest BCUT2D eigenvalue weighted by Crippen LogP contribution is 2.29. The Morgan fingerprint density at radius 3 is 2.42 bits per heavy atom. The molecule has 1 unspecified atom stereocenters. The van der Waals surface area contributed by atoms with Crippen LogP contribution in [0.2, 0.25) is 0 Å². The van der Waals surface area contributed by atoms with Crippen molar-refractivity contribution in [1.29, 1.82) is 0 Å². The average Bonchev–Trinajstić information content (AvgIpc) is 3.38. The molecule has 0 fully saturated rings. The fraction of sp³-hybridized carbons (Fsp3) is 0.267. The number of tetrazole rings is 1. The zero-order valence-electron chi connectivity index (χ0n) is 22.2. The first-order valence-electron chi connectivity index (χ1n) is 12.8. The predicted molar refractivity (Wildman–Crippen MR) is 148 cm³/mol. The van der Waals surface area contributed by atoms with E-state index in [0.717, 1.165) is 33.3 Å². The van der Waals surface area contributed by atoms with Crippen LogP contribution in [-0.4, -0.2) is 43.7 Å². The first-order valence-corrected chi connectivity index (χ1v) is 12.8. The number of aromatic nitrogens is 5. The van der Waals surface area contributed by atoms with E-state index in [1.54, 1.807) is 11.8 Å². The molecule has 194 valence electrons. The average molecular weight is 509 g/mol. The van der Waals surface area contributed by atoms with E-state index in [0.29, 0.717) is 31.0 Å². The summed E-state index contributed by atoms with van der Waals surface area (Å²) >= 11 is 0. The minimum atomic E-state index is -0.455. The van der Waals surface area contributed by atoms with E-state index in [-0.39, 0.29) is 5.56 Å². The number of aromatic amines is 1. The van der Waals surface area contributed by atoms with Crippen LogP contribution in [-0.2, 0) is 13.1 Å². The molecule has 3 aromatic carbocycles. The molecule has 5 aromatic rings. The Labute approximate surface area is 221 Å². The van der Waals surface area contributed by atoms with Gasteiger partial charge < -0.3 is 9.72 Å². The number of rotatable bonds is 9. The summed E-state index contributed by atoms with van der Waals surface area (Å²) in [4.78, 5) is 19.0. The Kier molecular flexibility index (Phi) is 7.33. The van der Waals surface area contributed by atoms with Gasteiger partial charge in [-0.3, -0.25) is 9.69 Å². The molecular weight excluding hydrogens is 476 g/mol.